The Morgan fingerprint density at radius 1 is 0.500 bits per heavy atom. The van der Waals surface area contributed by atoms with Gasteiger partial charge in [-0.2, -0.15) is 0 Å². The van der Waals surface area contributed by atoms with Crippen molar-refractivity contribution in [1.82, 2.24) is 0 Å². The van der Waals surface area contributed by atoms with Crippen molar-refractivity contribution >= 4 is 6.29 Å². The predicted octanol–water partition coefficient (Wildman–Crippen LogP) is -7.99. The monoisotopic (exact) mass is 424 g/mol. The number of aliphatic hydroxyl groups excluding tert-OH is 13. The second-order valence-electron chi connectivity index (χ2n) is 5.37. The standard InChI is InChI=1S/C6H14O6.C5H10O5.C3H8O3/c7-1-3(9)5(11)6(12)4(10)2-8;6-1-3(8)5(10)4(9)2-7;4-1-3(6)2-5/h3-12H,1-2H2;1,3-5,7-10H,2H2;3-6H,1-2H2. The molecule has 28 heavy (non-hydrogen) atoms. The van der Waals surface area contributed by atoms with E-state index in [1.54, 1.807) is 0 Å². The van der Waals surface area contributed by atoms with Crippen molar-refractivity contribution in [3.63, 3.8) is 0 Å². The summed E-state index contributed by atoms with van der Waals surface area (Å²) in [5, 5.41) is 110. The molecule has 0 aliphatic rings. The van der Waals surface area contributed by atoms with Gasteiger partial charge in [-0.25, -0.2) is 0 Å². The molecule has 0 heterocycles. The summed E-state index contributed by atoms with van der Waals surface area (Å²) in [5.41, 5.74) is 0. The normalized spacial score (nSPS) is 18.4. The van der Waals surface area contributed by atoms with E-state index in [0.29, 0.717) is 0 Å². The predicted molar refractivity (Wildman–Crippen MR) is 89.5 cm³/mol. The van der Waals surface area contributed by atoms with Gasteiger partial charge in [-0.1, -0.05) is 0 Å². The molecule has 0 aliphatic heterocycles. The molecule has 0 saturated carbocycles. The van der Waals surface area contributed by atoms with Crippen LogP contribution in [-0.4, -0.2) is 155 Å². The van der Waals surface area contributed by atoms with Crippen molar-refractivity contribution in [2.45, 2.75) is 48.8 Å². The van der Waals surface area contributed by atoms with Crippen LogP contribution in [0.5, 0.6) is 0 Å². The largest absolute Gasteiger partial charge is 0.394 e. The zero-order chi connectivity index (χ0) is 22.9. The molecule has 0 spiro atoms. The number of carbonyl (C=O) groups is 1. The summed E-state index contributed by atoms with van der Waals surface area (Å²) < 4.78 is 0. The lowest BCUT2D eigenvalue weighted by molar-refractivity contribution is -0.127. The molecule has 14 heteroatoms. The number of aldehydes is 1. The highest BCUT2D eigenvalue weighted by atomic mass is 16.4. The van der Waals surface area contributed by atoms with E-state index in [1.165, 1.54) is 0 Å². The lowest BCUT2D eigenvalue weighted by atomic mass is 10.0. The van der Waals surface area contributed by atoms with Crippen LogP contribution < -0.4 is 0 Å². The molecule has 0 fully saturated rings. The first kappa shape index (κ1) is 31.8. The lowest BCUT2D eigenvalue weighted by Gasteiger charge is -2.24. The number of hydrogen-bond donors (Lipinski definition) is 13. The zero-order valence-corrected chi connectivity index (χ0v) is 15.0. The summed E-state index contributed by atoms with van der Waals surface area (Å²) in [5.74, 6) is 0. The molecule has 0 radical (unpaired) electrons. The minimum absolute atomic E-state index is 0.0869. The molecule has 0 saturated heterocycles. The van der Waals surface area contributed by atoms with Crippen LogP contribution in [0.3, 0.4) is 0 Å². The SMILES string of the molecule is O=CC(O)C(O)C(O)CO.OCC(O)C(O)C(O)C(O)CO.OCC(O)CO. The van der Waals surface area contributed by atoms with Gasteiger partial charge < -0.3 is 71.2 Å². The van der Waals surface area contributed by atoms with Gasteiger partial charge in [0.1, 0.15) is 48.8 Å². The van der Waals surface area contributed by atoms with E-state index in [0.717, 1.165) is 0 Å². The first-order valence-corrected chi connectivity index (χ1v) is 7.92. The van der Waals surface area contributed by atoms with Gasteiger partial charge in [0.15, 0.2) is 6.29 Å². The quantitative estimate of drug-likeness (QED) is 0.137. The van der Waals surface area contributed by atoms with Crippen LogP contribution in [0.4, 0.5) is 0 Å². The van der Waals surface area contributed by atoms with E-state index < -0.39 is 68.7 Å². The molecule has 0 aliphatic carbocycles. The van der Waals surface area contributed by atoms with Crippen LogP contribution in [0, 0.1) is 0 Å². The number of hydrogen-bond acceptors (Lipinski definition) is 14. The van der Waals surface area contributed by atoms with Gasteiger partial charge in [-0.05, 0) is 0 Å². The van der Waals surface area contributed by atoms with Crippen LogP contribution in [0.25, 0.3) is 0 Å². The summed E-state index contributed by atoms with van der Waals surface area (Å²) in [6.45, 7) is -2.87. The molecule has 13 N–H and O–H groups in total. The second kappa shape index (κ2) is 19.5. The van der Waals surface area contributed by atoms with Crippen LogP contribution in [0.1, 0.15) is 0 Å². The maximum Gasteiger partial charge on any atom is 0.151 e. The molecule has 0 bridgehead atoms. The Bertz CT molecular complexity index is 328. The Hall–Kier alpha value is -0.850. The molecule has 0 aromatic rings. The average molecular weight is 424 g/mol. The van der Waals surface area contributed by atoms with Gasteiger partial charge >= 0.3 is 0 Å². The van der Waals surface area contributed by atoms with Crippen LogP contribution in [0.2, 0.25) is 0 Å². The molecule has 0 amide bonds. The summed E-state index contributed by atoms with van der Waals surface area (Å²) >= 11 is 0. The van der Waals surface area contributed by atoms with Crippen molar-refractivity contribution in [3.8, 4) is 0 Å². The highest BCUT2D eigenvalue weighted by molar-refractivity contribution is 5.56. The Balaban J connectivity index is -0.000000354. The Kier molecular flexibility index (Phi) is 22.1. The van der Waals surface area contributed by atoms with E-state index in [1.807, 2.05) is 0 Å². The molecule has 0 aromatic heterocycles. The van der Waals surface area contributed by atoms with Gasteiger partial charge in [0.05, 0.1) is 33.0 Å². The first-order valence-electron chi connectivity index (χ1n) is 7.92. The molecule has 7 atom stereocenters. The number of carbonyl (C=O) groups excluding carboxylic acids is 1. The van der Waals surface area contributed by atoms with Crippen LogP contribution in [-0.2, 0) is 4.79 Å². The van der Waals surface area contributed by atoms with Crippen molar-refractivity contribution in [1.29, 1.82) is 0 Å². The topological polar surface area (TPSA) is 280 Å². The van der Waals surface area contributed by atoms with E-state index in [-0.39, 0.29) is 19.5 Å². The average Bonchev–Trinajstić information content (AvgIpc) is 2.74. The second-order valence-corrected chi connectivity index (χ2v) is 5.37. The van der Waals surface area contributed by atoms with Crippen molar-refractivity contribution < 1.29 is 71.2 Å². The Labute approximate surface area is 160 Å². The van der Waals surface area contributed by atoms with Crippen LogP contribution in [0.15, 0.2) is 0 Å². The fraction of sp³-hybridized carbons (Fsp3) is 0.929. The zero-order valence-electron chi connectivity index (χ0n) is 15.0. The van der Waals surface area contributed by atoms with Gasteiger partial charge in [-0.3, -0.25) is 0 Å². The minimum atomic E-state index is -1.67. The fourth-order valence-corrected chi connectivity index (χ4v) is 1.15. The van der Waals surface area contributed by atoms with E-state index in [2.05, 4.69) is 0 Å². The molecule has 0 aromatic carbocycles. The highest BCUT2D eigenvalue weighted by Crippen LogP contribution is 2.04. The molecular formula is C14H32O14. The van der Waals surface area contributed by atoms with E-state index >= 15 is 0 Å². The summed E-state index contributed by atoms with van der Waals surface area (Å²) in [6, 6.07) is 0. The molecule has 0 rings (SSSR count). The first-order chi connectivity index (χ1) is 13.0. The van der Waals surface area contributed by atoms with Crippen LogP contribution >= 0.6 is 0 Å². The maximum absolute atomic E-state index is 9.76. The molecule has 172 valence electrons. The smallest absolute Gasteiger partial charge is 0.151 e. The lowest BCUT2D eigenvalue weighted by Crippen LogP contribution is -2.46. The number of rotatable bonds is 11. The van der Waals surface area contributed by atoms with Crippen molar-refractivity contribution in [2.24, 2.45) is 0 Å². The van der Waals surface area contributed by atoms with Crippen molar-refractivity contribution in [3.05, 3.63) is 0 Å². The van der Waals surface area contributed by atoms with E-state index in [9.17, 15) is 4.79 Å². The van der Waals surface area contributed by atoms with Crippen molar-refractivity contribution in [2.75, 3.05) is 33.0 Å². The van der Waals surface area contributed by atoms with Gasteiger partial charge in [0, 0.05) is 0 Å². The Morgan fingerprint density at radius 2 is 0.786 bits per heavy atom. The molecule has 7 unspecified atom stereocenters. The maximum atomic E-state index is 9.76. The highest BCUT2D eigenvalue weighted by Gasteiger charge is 2.29. The number of aliphatic hydroxyl groups is 13. The molecular weight excluding hydrogens is 392 g/mol. The third kappa shape index (κ3) is 15.1. The minimum Gasteiger partial charge on any atom is -0.394 e. The van der Waals surface area contributed by atoms with Gasteiger partial charge in [0.25, 0.3) is 0 Å². The summed E-state index contributed by atoms with van der Waals surface area (Å²) in [6.07, 6.45) is -12.0. The third-order valence-corrected chi connectivity index (χ3v) is 3.00. The van der Waals surface area contributed by atoms with E-state index in [4.69, 9.17) is 66.4 Å². The summed E-state index contributed by atoms with van der Waals surface area (Å²) in [4.78, 5) is 9.76. The fourth-order valence-electron chi connectivity index (χ4n) is 1.15. The Morgan fingerprint density at radius 3 is 0.964 bits per heavy atom. The third-order valence-electron chi connectivity index (χ3n) is 3.00. The summed E-state index contributed by atoms with van der Waals surface area (Å²) in [7, 11) is 0. The van der Waals surface area contributed by atoms with Gasteiger partial charge in [-0.15, -0.1) is 0 Å². The molecule has 14 nitrogen and oxygen atoms in total. The van der Waals surface area contributed by atoms with Gasteiger partial charge in [0.2, 0.25) is 0 Å².